The first-order valence-electron chi connectivity index (χ1n) is 7.41. The van der Waals surface area contributed by atoms with E-state index in [0.29, 0.717) is 18.2 Å². The quantitative estimate of drug-likeness (QED) is 0.848. The van der Waals surface area contributed by atoms with Crippen molar-refractivity contribution in [2.75, 3.05) is 6.61 Å². The Hall–Kier alpha value is -0.940. The van der Waals surface area contributed by atoms with Gasteiger partial charge in [0.15, 0.2) is 12.1 Å². The number of carbonyl (C=O) groups excluding carboxylic acids is 1. The van der Waals surface area contributed by atoms with Crippen LogP contribution in [-0.4, -0.2) is 30.9 Å². The van der Waals surface area contributed by atoms with Crippen LogP contribution in [0.5, 0.6) is 0 Å². The Balaban J connectivity index is 2.01. The first-order chi connectivity index (χ1) is 10.3. The molecule has 1 saturated heterocycles. The Morgan fingerprint density at radius 1 is 1.36 bits per heavy atom. The maximum absolute atomic E-state index is 11.9. The summed E-state index contributed by atoms with van der Waals surface area (Å²) in [5, 5.41) is 0.645. The highest BCUT2D eigenvalue weighted by Gasteiger charge is 2.40. The number of hydrogen-bond acceptors (Lipinski definition) is 4. The third-order valence-corrected chi connectivity index (χ3v) is 3.91. The van der Waals surface area contributed by atoms with Crippen molar-refractivity contribution in [3.8, 4) is 0 Å². The summed E-state index contributed by atoms with van der Waals surface area (Å²) in [6.45, 7) is 8.21. The monoisotopic (exact) mass is 326 g/mol. The number of Topliss-reactive ketones (excluding diaryl/α,β-unsaturated/α-hetero) is 1. The largest absolute Gasteiger partial charge is 0.368 e. The van der Waals surface area contributed by atoms with E-state index in [0.717, 1.165) is 5.56 Å². The van der Waals surface area contributed by atoms with Crippen LogP contribution in [0, 0.1) is 5.41 Å². The molecule has 2 rings (SSSR count). The summed E-state index contributed by atoms with van der Waals surface area (Å²) in [6, 6.07) is 7.47. The molecule has 22 heavy (non-hydrogen) atoms. The molecule has 0 aromatic heterocycles. The summed E-state index contributed by atoms with van der Waals surface area (Å²) in [7, 11) is 0. The molecule has 1 aromatic carbocycles. The van der Waals surface area contributed by atoms with Gasteiger partial charge in [0.2, 0.25) is 0 Å². The average molecular weight is 327 g/mol. The van der Waals surface area contributed by atoms with Gasteiger partial charge >= 0.3 is 0 Å². The van der Waals surface area contributed by atoms with Crippen molar-refractivity contribution in [1.29, 1.82) is 0 Å². The van der Waals surface area contributed by atoms with Gasteiger partial charge < -0.3 is 14.2 Å². The molecule has 3 atom stereocenters. The lowest BCUT2D eigenvalue weighted by Crippen LogP contribution is -2.52. The summed E-state index contributed by atoms with van der Waals surface area (Å²) < 4.78 is 17.4. The minimum absolute atomic E-state index is 0.0540. The second kappa shape index (κ2) is 7.09. The van der Waals surface area contributed by atoms with E-state index in [9.17, 15) is 4.79 Å². The molecule has 0 amide bonds. The van der Waals surface area contributed by atoms with E-state index >= 15 is 0 Å². The van der Waals surface area contributed by atoms with Gasteiger partial charge in [-0.3, -0.25) is 4.79 Å². The molecular weight excluding hydrogens is 304 g/mol. The number of halogens is 1. The van der Waals surface area contributed by atoms with Crippen molar-refractivity contribution in [3.63, 3.8) is 0 Å². The van der Waals surface area contributed by atoms with Crippen LogP contribution in [0.1, 0.15) is 33.3 Å². The predicted molar refractivity (Wildman–Crippen MR) is 84.8 cm³/mol. The van der Waals surface area contributed by atoms with E-state index < -0.39 is 18.5 Å². The standard InChI is InChI=1S/C17H23ClO4/c1-11(19)15-14(10-21-16(22-15)17(2,3)4)20-9-12-7-5-6-8-13(12)18/h5-8,14-16H,9-10H2,1-4H3/t14?,15?,16-/m0/s1. The fourth-order valence-electron chi connectivity index (χ4n) is 2.29. The molecule has 1 aromatic rings. The Bertz CT molecular complexity index is 524. The molecule has 0 aliphatic carbocycles. The highest BCUT2D eigenvalue weighted by atomic mass is 35.5. The Kier molecular flexibility index (Phi) is 5.61. The summed E-state index contributed by atoms with van der Waals surface area (Å²) >= 11 is 6.11. The Morgan fingerprint density at radius 3 is 2.64 bits per heavy atom. The second-order valence-corrected chi connectivity index (χ2v) is 7.05. The van der Waals surface area contributed by atoms with Crippen LogP contribution in [0.4, 0.5) is 0 Å². The van der Waals surface area contributed by atoms with Crippen LogP contribution in [0.25, 0.3) is 0 Å². The fraction of sp³-hybridized carbons (Fsp3) is 0.588. The minimum Gasteiger partial charge on any atom is -0.368 e. The van der Waals surface area contributed by atoms with Crippen molar-refractivity contribution < 1.29 is 19.0 Å². The normalized spacial score (nSPS) is 26.0. The van der Waals surface area contributed by atoms with Crippen LogP contribution in [0.15, 0.2) is 24.3 Å². The van der Waals surface area contributed by atoms with Gasteiger partial charge in [0.05, 0.1) is 13.2 Å². The number of hydrogen-bond donors (Lipinski definition) is 0. The highest BCUT2D eigenvalue weighted by molar-refractivity contribution is 6.31. The Morgan fingerprint density at radius 2 is 2.05 bits per heavy atom. The number of benzene rings is 1. The van der Waals surface area contributed by atoms with Crippen molar-refractivity contribution in [2.24, 2.45) is 5.41 Å². The lowest BCUT2D eigenvalue weighted by molar-refractivity contribution is -0.285. The first kappa shape index (κ1) is 17.4. The molecule has 5 heteroatoms. The SMILES string of the molecule is CC(=O)C1O[C@@H](C(C)(C)C)OCC1OCc1ccccc1Cl. The maximum Gasteiger partial charge on any atom is 0.163 e. The molecular formula is C17H23ClO4. The maximum atomic E-state index is 11.9. The van der Waals surface area contributed by atoms with Gasteiger partial charge in [-0.15, -0.1) is 0 Å². The van der Waals surface area contributed by atoms with Crippen LogP contribution >= 0.6 is 11.6 Å². The molecule has 0 radical (unpaired) electrons. The van der Waals surface area contributed by atoms with Gasteiger partial charge in [-0.05, 0) is 18.6 Å². The van der Waals surface area contributed by atoms with E-state index in [-0.39, 0.29) is 11.2 Å². The predicted octanol–water partition coefficient (Wildman–Crippen LogP) is 3.60. The van der Waals surface area contributed by atoms with Crippen LogP contribution in [0.3, 0.4) is 0 Å². The zero-order valence-corrected chi connectivity index (χ0v) is 14.2. The molecule has 1 fully saturated rings. The molecule has 1 aliphatic rings. The molecule has 0 N–H and O–H groups in total. The average Bonchev–Trinajstić information content (AvgIpc) is 2.45. The lowest BCUT2D eigenvalue weighted by Gasteiger charge is -2.40. The van der Waals surface area contributed by atoms with Gasteiger partial charge in [0, 0.05) is 10.4 Å². The topological polar surface area (TPSA) is 44.8 Å². The number of carbonyl (C=O) groups is 1. The van der Waals surface area contributed by atoms with Crippen LogP contribution in [-0.2, 0) is 25.6 Å². The van der Waals surface area contributed by atoms with Gasteiger partial charge in [-0.2, -0.15) is 0 Å². The smallest absolute Gasteiger partial charge is 0.163 e. The second-order valence-electron chi connectivity index (χ2n) is 6.64. The van der Waals surface area contributed by atoms with E-state index in [4.69, 9.17) is 25.8 Å². The fourth-order valence-corrected chi connectivity index (χ4v) is 2.48. The number of ketones is 1. The van der Waals surface area contributed by atoms with Crippen LogP contribution < -0.4 is 0 Å². The molecule has 0 saturated carbocycles. The Labute approximate surface area is 136 Å². The first-order valence-corrected chi connectivity index (χ1v) is 7.79. The third kappa shape index (κ3) is 4.29. The zero-order chi connectivity index (χ0) is 16.3. The van der Waals surface area contributed by atoms with Crippen molar-refractivity contribution in [2.45, 2.75) is 52.8 Å². The van der Waals surface area contributed by atoms with Gasteiger partial charge in [-0.1, -0.05) is 50.6 Å². The van der Waals surface area contributed by atoms with E-state index in [1.54, 1.807) is 0 Å². The third-order valence-electron chi connectivity index (χ3n) is 3.54. The van der Waals surface area contributed by atoms with Crippen LogP contribution in [0.2, 0.25) is 5.02 Å². The van der Waals surface area contributed by atoms with Crippen molar-refractivity contribution in [3.05, 3.63) is 34.9 Å². The molecule has 0 spiro atoms. The van der Waals surface area contributed by atoms with Crippen molar-refractivity contribution in [1.82, 2.24) is 0 Å². The number of ether oxygens (including phenoxy) is 3. The highest BCUT2D eigenvalue weighted by Crippen LogP contribution is 2.30. The minimum atomic E-state index is -0.611. The summed E-state index contributed by atoms with van der Waals surface area (Å²) in [5.74, 6) is -0.0540. The zero-order valence-electron chi connectivity index (χ0n) is 13.5. The van der Waals surface area contributed by atoms with E-state index in [2.05, 4.69) is 0 Å². The van der Waals surface area contributed by atoms with Gasteiger partial charge in [0.25, 0.3) is 0 Å². The van der Waals surface area contributed by atoms with Gasteiger partial charge in [-0.25, -0.2) is 0 Å². The summed E-state index contributed by atoms with van der Waals surface area (Å²) in [6.07, 6.45) is -1.45. The molecule has 4 nitrogen and oxygen atoms in total. The molecule has 0 bridgehead atoms. The van der Waals surface area contributed by atoms with Gasteiger partial charge in [0.1, 0.15) is 12.2 Å². The van der Waals surface area contributed by atoms with E-state index in [1.165, 1.54) is 6.92 Å². The number of rotatable bonds is 4. The van der Waals surface area contributed by atoms with Crippen molar-refractivity contribution >= 4 is 17.4 Å². The summed E-state index contributed by atoms with van der Waals surface area (Å²) in [4.78, 5) is 11.9. The molecule has 2 unspecified atom stereocenters. The van der Waals surface area contributed by atoms with E-state index in [1.807, 2.05) is 45.0 Å². The lowest BCUT2D eigenvalue weighted by atomic mass is 9.94. The molecule has 1 aliphatic heterocycles. The molecule has 1 heterocycles. The summed E-state index contributed by atoms with van der Waals surface area (Å²) in [5.41, 5.74) is 0.686. The molecule has 122 valence electrons.